The number of rotatable bonds is 6. The summed E-state index contributed by atoms with van der Waals surface area (Å²) in [6, 6.07) is 9.53. The van der Waals surface area contributed by atoms with Gasteiger partial charge < -0.3 is 9.64 Å². The lowest BCUT2D eigenvalue weighted by Gasteiger charge is -2.25. The van der Waals surface area contributed by atoms with Crippen LogP contribution in [0.5, 0.6) is 0 Å². The van der Waals surface area contributed by atoms with Crippen LogP contribution in [-0.4, -0.2) is 74.9 Å². The molecule has 1 aliphatic rings. The number of carbonyl (C=O) groups is 2. The summed E-state index contributed by atoms with van der Waals surface area (Å²) in [5, 5.41) is 0. The van der Waals surface area contributed by atoms with Crippen molar-refractivity contribution in [2.45, 2.75) is 6.54 Å². The normalized spacial score (nSPS) is 17.2. The maximum Gasteiger partial charge on any atom is 0.320 e. The predicted octanol–water partition coefficient (Wildman–Crippen LogP) is -0.0814. The Balaban J connectivity index is 1.70. The standard InChI is InChI=1S/C16H22N2O5S/c1-17(11-14-5-3-2-4-6-14)15(19)13-23-16(20)12-18-7-9-24(21,22)10-8-18/h2-6H,7-13H2,1H3. The molecule has 0 spiro atoms. The van der Waals surface area contributed by atoms with Gasteiger partial charge >= 0.3 is 5.97 Å². The number of hydrogen-bond acceptors (Lipinski definition) is 6. The molecule has 0 radical (unpaired) electrons. The molecule has 2 rings (SSSR count). The van der Waals surface area contributed by atoms with Crippen molar-refractivity contribution in [3.63, 3.8) is 0 Å². The van der Waals surface area contributed by atoms with E-state index in [4.69, 9.17) is 4.74 Å². The van der Waals surface area contributed by atoms with E-state index in [0.29, 0.717) is 19.6 Å². The van der Waals surface area contributed by atoms with Gasteiger partial charge in [0.25, 0.3) is 5.91 Å². The van der Waals surface area contributed by atoms with Crippen molar-refractivity contribution in [1.29, 1.82) is 0 Å². The minimum absolute atomic E-state index is 0.00516. The van der Waals surface area contributed by atoms with Crippen LogP contribution >= 0.6 is 0 Å². The molecule has 1 saturated heterocycles. The van der Waals surface area contributed by atoms with Crippen LogP contribution in [0.25, 0.3) is 0 Å². The SMILES string of the molecule is CN(Cc1ccccc1)C(=O)COC(=O)CN1CCS(=O)(=O)CC1. The molecule has 7 nitrogen and oxygen atoms in total. The Morgan fingerprint density at radius 2 is 1.79 bits per heavy atom. The third-order valence-corrected chi connectivity index (χ3v) is 5.44. The van der Waals surface area contributed by atoms with Crippen molar-refractivity contribution in [3.8, 4) is 0 Å². The number of nitrogens with zero attached hydrogens (tertiary/aromatic N) is 2. The Morgan fingerprint density at radius 3 is 2.42 bits per heavy atom. The van der Waals surface area contributed by atoms with Crippen molar-refractivity contribution >= 4 is 21.7 Å². The van der Waals surface area contributed by atoms with Crippen LogP contribution in [0.3, 0.4) is 0 Å². The van der Waals surface area contributed by atoms with Crippen LogP contribution in [0.2, 0.25) is 0 Å². The van der Waals surface area contributed by atoms with Gasteiger partial charge in [-0.2, -0.15) is 0 Å². The molecule has 8 heteroatoms. The fourth-order valence-electron chi connectivity index (χ4n) is 2.33. The molecule has 24 heavy (non-hydrogen) atoms. The Labute approximate surface area is 142 Å². The van der Waals surface area contributed by atoms with Gasteiger partial charge in [-0.25, -0.2) is 8.42 Å². The summed E-state index contributed by atoms with van der Waals surface area (Å²) in [4.78, 5) is 27.0. The van der Waals surface area contributed by atoms with E-state index in [-0.39, 0.29) is 30.6 Å². The molecule has 0 aliphatic carbocycles. The minimum atomic E-state index is -2.97. The zero-order valence-corrected chi connectivity index (χ0v) is 14.5. The van der Waals surface area contributed by atoms with Crippen molar-refractivity contribution < 1.29 is 22.7 Å². The molecule has 0 bridgehead atoms. The van der Waals surface area contributed by atoms with Gasteiger partial charge in [-0.1, -0.05) is 30.3 Å². The second kappa shape index (κ2) is 8.25. The maximum absolute atomic E-state index is 12.0. The van der Waals surface area contributed by atoms with Crippen molar-refractivity contribution in [3.05, 3.63) is 35.9 Å². The first-order valence-electron chi connectivity index (χ1n) is 7.72. The highest BCUT2D eigenvalue weighted by Crippen LogP contribution is 2.05. The highest BCUT2D eigenvalue weighted by Gasteiger charge is 2.23. The van der Waals surface area contributed by atoms with E-state index in [1.165, 1.54) is 4.90 Å². The Hall–Kier alpha value is -1.93. The predicted molar refractivity (Wildman–Crippen MR) is 89.0 cm³/mol. The van der Waals surface area contributed by atoms with Gasteiger partial charge in [0.1, 0.15) is 0 Å². The third kappa shape index (κ3) is 5.93. The third-order valence-electron chi connectivity index (χ3n) is 3.83. The summed E-state index contributed by atoms with van der Waals surface area (Å²) in [6.45, 7) is 0.777. The summed E-state index contributed by atoms with van der Waals surface area (Å²) in [7, 11) is -1.32. The molecule has 0 unspecified atom stereocenters. The lowest BCUT2D eigenvalue weighted by atomic mass is 10.2. The molecule has 1 aliphatic heterocycles. The molecular weight excluding hydrogens is 332 g/mol. The fraction of sp³-hybridized carbons (Fsp3) is 0.500. The van der Waals surface area contributed by atoms with E-state index in [9.17, 15) is 18.0 Å². The van der Waals surface area contributed by atoms with Crippen LogP contribution in [0, 0.1) is 0 Å². The van der Waals surface area contributed by atoms with Gasteiger partial charge in [-0.05, 0) is 5.56 Å². The summed E-state index contributed by atoms with van der Waals surface area (Å²) in [5.41, 5.74) is 0.995. The number of carbonyl (C=O) groups excluding carboxylic acids is 2. The lowest BCUT2D eigenvalue weighted by Crippen LogP contribution is -2.43. The van der Waals surface area contributed by atoms with Crippen LogP contribution in [0.4, 0.5) is 0 Å². The average Bonchev–Trinajstić information content (AvgIpc) is 2.55. The van der Waals surface area contributed by atoms with E-state index in [0.717, 1.165) is 5.56 Å². The van der Waals surface area contributed by atoms with Crippen LogP contribution in [-0.2, 0) is 30.7 Å². The monoisotopic (exact) mass is 354 g/mol. The fourth-order valence-corrected chi connectivity index (χ4v) is 3.61. The highest BCUT2D eigenvalue weighted by molar-refractivity contribution is 7.91. The van der Waals surface area contributed by atoms with Crippen LogP contribution in [0.15, 0.2) is 30.3 Å². The second-order valence-corrected chi connectivity index (χ2v) is 8.13. The van der Waals surface area contributed by atoms with Gasteiger partial charge in [-0.3, -0.25) is 14.5 Å². The first kappa shape index (κ1) is 18.4. The van der Waals surface area contributed by atoms with Gasteiger partial charge in [0, 0.05) is 26.7 Å². The van der Waals surface area contributed by atoms with E-state index in [2.05, 4.69) is 0 Å². The van der Waals surface area contributed by atoms with Crippen molar-refractivity contribution in [2.24, 2.45) is 0 Å². The molecule has 0 atom stereocenters. The lowest BCUT2D eigenvalue weighted by molar-refractivity contribution is -0.152. The van der Waals surface area contributed by atoms with Crippen LogP contribution < -0.4 is 0 Å². The molecule has 0 N–H and O–H groups in total. The zero-order chi connectivity index (χ0) is 17.6. The molecular formula is C16H22N2O5S. The maximum atomic E-state index is 12.0. The Kier molecular flexibility index (Phi) is 6.33. The number of ether oxygens (including phenoxy) is 1. The van der Waals surface area contributed by atoms with Gasteiger partial charge in [0.05, 0.1) is 18.1 Å². The smallest absolute Gasteiger partial charge is 0.320 e. The van der Waals surface area contributed by atoms with E-state index >= 15 is 0 Å². The second-order valence-electron chi connectivity index (χ2n) is 5.82. The number of esters is 1. The van der Waals surface area contributed by atoms with Gasteiger partial charge in [0.15, 0.2) is 16.4 Å². The van der Waals surface area contributed by atoms with Crippen LogP contribution in [0.1, 0.15) is 5.56 Å². The first-order valence-corrected chi connectivity index (χ1v) is 9.54. The Bertz CT molecular complexity index is 661. The van der Waals surface area contributed by atoms with Gasteiger partial charge in [0.2, 0.25) is 0 Å². The summed E-state index contributed by atoms with van der Waals surface area (Å²) < 4.78 is 27.7. The molecule has 0 aromatic heterocycles. The summed E-state index contributed by atoms with van der Waals surface area (Å²) in [6.07, 6.45) is 0. The van der Waals surface area contributed by atoms with E-state index in [1.54, 1.807) is 11.9 Å². The van der Waals surface area contributed by atoms with E-state index < -0.39 is 15.8 Å². The largest absolute Gasteiger partial charge is 0.455 e. The van der Waals surface area contributed by atoms with Crippen molar-refractivity contribution in [2.75, 3.05) is 44.8 Å². The summed E-state index contributed by atoms with van der Waals surface area (Å²) >= 11 is 0. The molecule has 1 amide bonds. The molecule has 1 heterocycles. The quantitative estimate of drug-likeness (QED) is 0.665. The topological polar surface area (TPSA) is 84.0 Å². The molecule has 1 aromatic carbocycles. The number of benzene rings is 1. The molecule has 1 aromatic rings. The number of hydrogen-bond donors (Lipinski definition) is 0. The number of sulfone groups is 1. The average molecular weight is 354 g/mol. The van der Waals surface area contributed by atoms with Crippen molar-refractivity contribution in [1.82, 2.24) is 9.80 Å². The molecule has 132 valence electrons. The number of likely N-dealkylation sites (N-methyl/N-ethyl adjacent to an activating group) is 1. The molecule has 0 saturated carbocycles. The molecule has 1 fully saturated rings. The van der Waals surface area contributed by atoms with E-state index in [1.807, 2.05) is 30.3 Å². The zero-order valence-electron chi connectivity index (χ0n) is 13.7. The summed E-state index contributed by atoms with van der Waals surface area (Å²) in [5.74, 6) is -0.693. The Morgan fingerprint density at radius 1 is 1.17 bits per heavy atom. The number of amides is 1. The highest BCUT2D eigenvalue weighted by atomic mass is 32.2. The first-order chi connectivity index (χ1) is 11.4. The van der Waals surface area contributed by atoms with Gasteiger partial charge in [-0.15, -0.1) is 0 Å². The minimum Gasteiger partial charge on any atom is -0.455 e.